The summed E-state index contributed by atoms with van der Waals surface area (Å²) in [6.45, 7) is 13.4. The van der Waals surface area contributed by atoms with Crippen LogP contribution in [0.2, 0.25) is 0 Å². The molecule has 1 aliphatic carbocycles. The van der Waals surface area contributed by atoms with E-state index in [1.165, 1.54) is 88.3 Å². The molecule has 236 valence electrons. The third kappa shape index (κ3) is 4.47. The summed E-state index contributed by atoms with van der Waals surface area (Å²) in [7, 11) is 0. The third-order valence-corrected chi connectivity index (χ3v) is 11.3. The first-order valence-electron chi connectivity index (χ1n) is 17.2. The van der Waals surface area contributed by atoms with Crippen LogP contribution in [-0.4, -0.2) is 9.97 Å². The Morgan fingerprint density at radius 2 is 1.06 bits per heavy atom. The van der Waals surface area contributed by atoms with Crippen LogP contribution in [0.3, 0.4) is 0 Å². The molecule has 6 aromatic carbocycles. The van der Waals surface area contributed by atoms with Gasteiger partial charge in [0.1, 0.15) is 0 Å². The quantitative estimate of drug-likeness (QED) is 0.182. The molecule has 0 atom stereocenters. The summed E-state index contributed by atoms with van der Waals surface area (Å²) in [5.41, 5.74) is 19.5. The minimum Gasteiger partial charge on any atom is -0.254 e. The molecular weight excluding hydrogens is 593 g/mol. The molecule has 2 heterocycles. The van der Waals surface area contributed by atoms with Crippen LogP contribution in [0.1, 0.15) is 47.2 Å². The van der Waals surface area contributed by atoms with E-state index in [9.17, 15) is 0 Å². The largest absolute Gasteiger partial charge is 0.254 e. The molecule has 1 aliphatic rings. The average molecular weight is 631 g/mol. The Balaban J connectivity index is 1.08. The lowest BCUT2D eigenvalue weighted by Gasteiger charge is -2.22. The maximum atomic E-state index is 5.31. The highest BCUT2D eigenvalue weighted by atomic mass is 14.8. The first-order valence-corrected chi connectivity index (χ1v) is 17.2. The maximum absolute atomic E-state index is 5.31. The summed E-state index contributed by atoms with van der Waals surface area (Å²) in [5.74, 6) is 0. The second kappa shape index (κ2) is 10.7. The van der Waals surface area contributed by atoms with Gasteiger partial charge in [-0.1, -0.05) is 111 Å². The van der Waals surface area contributed by atoms with Crippen LogP contribution in [0.5, 0.6) is 0 Å². The van der Waals surface area contributed by atoms with Gasteiger partial charge in [0.25, 0.3) is 0 Å². The minimum absolute atomic E-state index is 0.00568. The van der Waals surface area contributed by atoms with Gasteiger partial charge < -0.3 is 0 Å². The maximum Gasteiger partial charge on any atom is 0.0975 e. The number of pyridine rings is 2. The second-order valence-electron chi connectivity index (χ2n) is 14.4. The van der Waals surface area contributed by atoms with E-state index in [1.54, 1.807) is 0 Å². The number of hydrogen-bond acceptors (Lipinski definition) is 2. The second-order valence-corrected chi connectivity index (χ2v) is 14.4. The van der Waals surface area contributed by atoms with E-state index in [0.29, 0.717) is 0 Å². The predicted octanol–water partition coefficient (Wildman–Crippen LogP) is 12.5. The van der Waals surface area contributed by atoms with Crippen molar-refractivity contribution in [3.63, 3.8) is 0 Å². The first-order chi connectivity index (χ1) is 23.7. The van der Waals surface area contributed by atoms with Crippen LogP contribution in [0.4, 0.5) is 0 Å². The van der Waals surface area contributed by atoms with Crippen molar-refractivity contribution in [2.75, 3.05) is 0 Å². The Morgan fingerprint density at radius 1 is 0.469 bits per heavy atom. The van der Waals surface area contributed by atoms with E-state index in [-0.39, 0.29) is 5.41 Å². The number of rotatable bonds is 3. The predicted molar refractivity (Wildman–Crippen MR) is 207 cm³/mol. The zero-order valence-electron chi connectivity index (χ0n) is 28.9. The highest BCUT2D eigenvalue weighted by molar-refractivity contribution is 6.06. The van der Waals surface area contributed by atoms with Gasteiger partial charge in [0, 0.05) is 27.9 Å². The molecule has 0 N–H and O–H groups in total. The molecule has 2 aromatic heterocycles. The summed E-state index contributed by atoms with van der Waals surface area (Å²) in [6.07, 6.45) is 1.98. The number of benzene rings is 6. The van der Waals surface area contributed by atoms with Crippen molar-refractivity contribution in [2.24, 2.45) is 0 Å². The van der Waals surface area contributed by atoms with Gasteiger partial charge in [0.15, 0.2) is 0 Å². The fourth-order valence-corrected chi connectivity index (χ4v) is 8.07. The standard InChI is InChI=1S/C47H38N2/c1-27-26-48-45-38(28(27)2)21-22-39-29(3)30(4)44(49-46(39)45)36-18-16-33-15-17-34(23-37(33)24-36)31-11-13-32(14-12-31)35-19-20-41-40-9-7-8-10-42(40)47(5,6)43(41)25-35/h7-26H,1-6H3. The van der Waals surface area contributed by atoms with Gasteiger partial charge >= 0.3 is 0 Å². The number of nitrogens with zero attached hydrogens (tertiary/aromatic N) is 2. The van der Waals surface area contributed by atoms with Gasteiger partial charge in [-0.25, -0.2) is 4.98 Å². The van der Waals surface area contributed by atoms with E-state index in [2.05, 4.69) is 157 Å². The van der Waals surface area contributed by atoms with E-state index in [1.807, 2.05) is 6.20 Å². The Hall–Kier alpha value is -5.60. The van der Waals surface area contributed by atoms with Crippen LogP contribution in [0, 0.1) is 27.7 Å². The summed E-state index contributed by atoms with van der Waals surface area (Å²) in [4.78, 5) is 10.2. The molecule has 2 heteroatoms. The van der Waals surface area contributed by atoms with Gasteiger partial charge in [0.2, 0.25) is 0 Å². The number of fused-ring (bicyclic) bond motifs is 7. The Kier molecular flexibility index (Phi) is 6.45. The van der Waals surface area contributed by atoms with Crippen LogP contribution < -0.4 is 0 Å². The number of hydrogen-bond donors (Lipinski definition) is 0. The van der Waals surface area contributed by atoms with Crippen LogP contribution >= 0.6 is 0 Å². The molecule has 0 fully saturated rings. The molecule has 0 saturated carbocycles. The third-order valence-electron chi connectivity index (χ3n) is 11.3. The molecule has 0 radical (unpaired) electrons. The molecule has 0 bridgehead atoms. The molecule has 0 aliphatic heterocycles. The van der Waals surface area contributed by atoms with Crippen LogP contribution in [0.25, 0.3) is 77.2 Å². The summed E-state index contributed by atoms with van der Waals surface area (Å²) < 4.78 is 0. The van der Waals surface area contributed by atoms with Gasteiger partial charge in [0.05, 0.1) is 16.7 Å². The highest BCUT2D eigenvalue weighted by Gasteiger charge is 2.35. The molecule has 9 rings (SSSR count). The summed E-state index contributed by atoms with van der Waals surface area (Å²) in [5, 5.41) is 4.78. The van der Waals surface area contributed by atoms with Gasteiger partial charge in [-0.2, -0.15) is 0 Å². The lowest BCUT2D eigenvalue weighted by Crippen LogP contribution is -2.14. The van der Waals surface area contributed by atoms with Crippen molar-refractivity contribution in [3.05, 3.63) is 155 Å². The van der Waals surface area contributed by atoms with Gasteiger partial charge in [-0.3, -0.25) is 4.98 Å². The molecule has 2 nitrogen and oxygen atoms in total. The molecule has 8 aromatic rings. The smallest absolute Gasteiger partial charge is 0.0975 e. The van der Waals surface area contributed by atoms with Crippen molar-refractivity contribution >= 4 is 32.6 Å². The monoisotopic (exact) mass is 630 g/mol. The van der Waals surface area contributed by atoms with Crippen molar-refractivity contribution in [1.82, 2.24) is 9.97 Å². The Bertz CT molecular complexity index is 2660. The lowest BCUT2D eigenvalue weighted by molar-refractivity contribution is 0.660. The first kappa shape index (κ1) is 29.5. The SMILES string of the molecule is Cc1cnc2c(ccc3c(C)c(C)c(-c4ccc5ccc(-c6ccc(-c7ccc8c(c7)C(C)(C)c7ccccc7-8)cc6)cc5c4)nc32)c1C. The molecule has 0 unspecified atom stereocenters. The van der Waals surface area contributed by atoms with E-state index in [4.69, 9.17) is 9.97 Å². The van der Waals surface area contributed by atoms with Gasteiger partial charge in [-0.05, 0) is 123 Å². The number of aromatic nitrogens is 2. The topological polar surface area (TPSA) is 25.8 Å². The fourth-order valence-electron chi connectivity index (χ4n) is 8.07. The molecule has 0 spiro atoms. The molecule has 49 heavy (non-hydrogen) atoms. The van der Waals surface area contributed by atoms with E-state index < -0.39 is 0 Å². The zero-order chi connectivity index (χ0) is 33.6. The Morgan fingerprint density at radius 3 is 1.82 bits per heavy atom. The fraction of sp³-hybridized carbons (Fsp3) is 0.149. The molecular formula is C47H38N2. The minimum atomic E-state index is -0.00568. The molecule has 0 saturated heterocycles. The van der Waals surface area contributed by atoms with Crippen LogP contribution in [-0.2, 0) is 5.41 Å². The number of aryl methyl sites for hydroxylation is 3. The normalized spacial score (nSPS) is 13.3. The van der Waals surface area contributed by atoms with Crippen molar-refractivity contribution < 1.29 is 0 Å². The van der Waals surface area contributed by atoms with E-state index in [0.717, 1.165) is 22.3 Å². The highest BCUT2D eigenvalue weighted by Crippen LogP contribution is 2.49. The molecule has 0 amide bonds. The zero-order valence-corrected chi connectivity index (χ0v) is 28.9. The average Bonchev–Trinajstić information content (AvgIpc) is 3.36. The lowest BCUT2D eigenvalue weighted by atomic mass is 9.81. The summed E-state index contributed by atoms with van der Waals surface area (Å²) in [6, 6.07) is 42.8. The Labute approximate surface area is 288 Å². The van der Waals surface area contributed by atoms with Crippen LogP contribution in [0.15, 0.2) is 121 Å². The van der Waals surface area contributed by atoms with Gasteiger partial charge in [-0.15, -0.1) is 0 Å². The van der Waals surface area contributed by atoms with Crippen molar-refractivity contribution in [2.45, 2.75) is 47.0 Å². The van der Waals surface area contributed by atoms with Crippen molar-refractivity contribution in [3.8, 4) is 44.6 Å². The summed E-state index contributed by atoms with van der Waals surface area (Å²) >= 11 is 0. The van der Waals surface area contributed by atoms with E-state index >= 15 is 0 Å². The van der Waals surface area contributed by atoms with Crippen molar-refractivity contribution in [1.29, 1.82) is 0 Å².